The standard InChI is InChI=1S/C13H19NO3/c14-11(15)12-5-8-3-9(6-12)13(10(4-8)7-12)16-1-2-17-13/h8-10H,1-7H2,(H2,14,15)/t8?,9-,10+,12-. The normalized spacial score (nSPS) is 50.0. The number of carbonyl (C=O) groups is 1. The SMILES string of the molecule is NC(=O)[C@]12CC3C[C@H](C1)C1(OCCO1)[C@@H](C3)C2. The number of amides is 1. The van der Waals surface area contributed by atoms with Gasteiger partial charge in [0.05, 0.1) is 18.6 Å². The van der Waals surface area contributed by atoms with E-state index in [0.29, 0.717) is 31.0 Å². The van der Waals surface area contributed by atoms with Gasteiger partial charge in [-0.1, -0.05) is 0 Å². The smallest absolute Gasteiger partial charge is 0.223 e. The Morgan fingerprint density at radius 1 is 1.06 bits per heavy atom. The summed E-state index contributed by atoms with van der Waals surface area (Å²) in [4.78, 5) is 11.8. The number of carbonyl (C=O) groups excluding carboxylic acids is 1. The number of hydrogen-bond donors (Lipinski definition) is 1. The Labute approximate surface area is 101 Å². The van der Waals surface area contributed by atoms with Gasteiger partial charge in [0.2, 0.25) is 5.91 Å². The van der Waals surface area contributed by atoms with Crippen molar-refractivity contribution in [2.45, 2.75) is 37.9 Å². The van der Waals surface area contributed by atoms with Crippen molar-refractivity contribution < 1.29 is 14.3 Å². The highest BCUT2D eigenvalue weighted by Gasteiger charge is 2.66. The minimum atomic E-state index is -0.351. The van der Waals surface area contributed by atoms with Gasteiger partial charge < -0.3 is 15.2 Å². The Balaban J connectivity index is 1.74. The molecular formula is C13H19NO3. The predicted molar refractivity (Wildman–Crippen MR) is 59.8 cm³/mol. The number of rotatable bonds is 1. The average molecular weight is 237 g/mol. The molecule has 1 spiro atoms. The second-order valence-electron chi connectivity index (χ2n) is 6.41. The summed E-state index contributed by atoms with van der Waals surface area (Å²) in [6, 6.07) is 0. The molecule has 1 aliphatic heterocycles. The van der Waals surface area contributed by atoms with E-state index >= 15 is 0 Å². The van der Waals surface area contributed by atoms with Crippen LogP contribution in [0.15, 0.2) is 0 Å². The Kier molecular flexibility index (Phi) is 1.84. The van der Waals surface area contributed by atoms with Crippen LogP contribution in [0, 0.1) is 23.2 Å². The van der Waals surface area contributed by atoms with Crippen molar-refractivity contribution >= 4 is 5.91 Å². The fourth-order valence-corrected chi connectivity index (χ4v) is 5.14. The summed E-state index contributed by atoms with van der Waals surface area (Å²) in [6.07, 6.45) is 5.09. The highest BCUT2D eigenvalue weighted by Crippen LogP contribution is 2.65. The van der Waals surface area contributed by atoms with Crippen LogP contribution in [0.2, 0.25) is 0 Å². The first-order valence-electron chi connectivity index (χ1n) is 6.72. The maximum atomic E-state index is 11.8. The van der Waals surface area contributed by atoms with Gasteiger partial charge in [-0.25, -0.2) is 0 Å². The van der Waals surface area contributed by atoms with Crippen LogP contribution in [0.25, 0.3) is 0 Å². The summed E-state index contributed by atoms with van der Waals surface area (Å²) >= 11 is 0. The van der Waals surface area contributed by atoms with Gasteiger partial charge in [0.1, 0.15) is 0 Å². The van der Waals surface area contributed by atoms with Gasteiger partial charge >= 0.3 is 0 Å². The molecule has 0 aromatic carbocycles. The largest absolute Gasteiger partial charge is 0.369 e. The van der Waals surface area contributed by atoms with Gasteiger partial charge in [-0.3, -0.25) is 4.79 Å². The van der Waals surface area contributed by atoms with Crippen LogP contribution < -0.4 is 5.73 Å². The first-order valence-corrected chi connectivity index (χ1v) is 6.72. The van der Waals surface area contributed by atoms with E-state index in [0.717, 1.165) is 32.1 Å². The summed E-state index contributed by atoms with van der Waals surface area (Å²) < 4.78 is 11.9. The molecule has 94 valence electrons. The number of nitrogens with two attached hydrogens (primary N) is 1. The zero-order valence-electron chi connectivity index (χ0n) is 9.98. The molecule has 4 atom stereocenters. The van der Waals surface area contributed by atoms with Crippen LogP contribution in [0.5, 0.6) is 0 Å². The predicted octanol–water partition coefficient (Wildman–Crippen LogP) is 1.04. The van der Waals surface area contributed by atoms with Gasteiger partial charge in [-0.2, -0.15) is 0 Å². The Morgan fingerprint density at radius 2 is 1.65 bits per heavy atom. The molecule has 0 aromatic heterocycles. The molecular weight excluding hydrogens is 218 g/mol. The number of hydrogen-bond acceptors (Lipinski definition) is 3. The van der Waals surface area contributed by atoms with E-state index in [-0.39, 0.29) is 17.1 Å². The monoisotopic (exact) mass is 237 g/mol. The van der Waals surface area contributed by atoms with E-state index in [4.69, 9.17) is 15.2 Å². The van der Waals surface area contributed by atoms with Crippen molar-refractivity contribution in [3.8, 4) is 0 Å². The van der Waals surface area contributed by atoms with Crippen LogP contribution >= 0.6 is 0 Å². The van der Waals surface area contributed by atoms with E-state index in [9.17, 15) is 4.79 Å². The molecule has 5 aliphatic rings. The lowest BCUT2D eigenvalue weighted by Crippen LogP contribution is -2.64. The Morgan fingerprint density at radius 3 is 2.18 bits per heavy atom. The van der Waals surface area contributed by atoms with Gasteiger partial charge in [-0.05, 0) is 38.0 Å². The first kappa shape index (κ1) is 10.3. The molecule has 5 rings (SSSR count). The lowest BCUT2D eigenvalue weighted by atomic mass is 9.47. The first-order chi connectivity index (χ1) is 8.15. The van der Waals surface area contributed by atoms with Crippen LogP contribution in [0.1, 0.15) is 32.1 Å². The van der Waals surface area contributed by atoms with E-state index in [2.05, 4.69) is 0 Å². The molecule has 4 saturated carbocycles. The fraction of sp³-hybridized carbons (Fsp3) is 0.923. The lowest BCUT2D eigenvalue weighted by molar-refractivity contribution is -0.298. The summed E-state index contributed by atoms with van der Waals surface area (Å²) in [5, 5.41) is 0. The van der Waals surface area contributed by atoms with E-state index < -0.39 is 0 Å². The summed E-state index contributed by atoms with van der Waals surface area (Å²) in [5.74, 6) is 1.01. The second kappa shape index (κ2) is 3.04. The third kappa shape index (κ3) is 1.13. The molecule has 4 nitrogen and oxygen atoms in total. The molecule has 1 unspecified atom stereocenters. The Hall–Kier alpha value is -0.610. The molecule has 5 fully saturated rings. The third-order valence-corrected chi connectivity index (χ3v) is 5.59. The second-order valence-corrected chi connectivity index (χ2v) is 6.41. The topological polar surface area (TPSA) is 61.6 Å². The van der Waals surface area contributed by atoms with Crippen LogP contribution in [-0.4, -0.2) is 24.9 Å². The molecule has 4 aliphatic carbocycles. The van der Waals surface area contributed by atoms with E-state index in [1.807, 2.05) is 0 Å². The van der Waals surface area contributed by atoms with Gasteiger partial charge in [0, 0.05) is 11.8 Å². The molecule has 2 N–H and O–H groups in total. The van der Waals surface area contributed by atoms with Crippen molar-refractivity contribution in [1.29, 1.82) is 0 Å². The van der Waals surface area contributed by atoms with Crippen LogP contribution in [0.4, 0.5) is 0 Å². The minimum absolute atomic E-state index is 0.0928. The van der Waals surface area contributed by atoms with Crippen molar-refractivity contribution in [2.75, 3.05) is 13.2 Å². The fourth-order valence-electron chi connectivity index (χ4n) is 5.14. The zero-order chi connectivity index (χ0) is 11.7. The van der Waals surface area contributed by atoms with Gasteiger partial charge in [0.15, 0.2) is 5.79 Å². The molecule has 4 heteroatoms. The summed E-state index contributed by atoms with van der Waals surface area (Å²) in [7, 11) is 0. The maximum Gasteiger partial charge on any atom is 0.223 e. The quantitative estimate of drug-likeness (QED) is 0.741. The molecule has 0 radical (unpaired) electrons. The molecule has 17 heavy (non-hydrogen) atoms. The Bertz CT molecular complexity index is 357. The van der Waals surface area contributed by atoms with Gasteiger partial charge in [-0.15, -0.1) is 0 Å². The lowest BCUT2D eigenvalue weighted by Gasteiger charge is -2.61. The van der Waals surface area contributed by atoms with E-state index in [1.165, 1.54) is 0 Å². The number of primary amides is 1. The third-order valence-electron chi connectivity index (χ3n) is 5.59. The molecule has 1 saturated heterocycles. The number of ether oxygens (including phenoxy) is 2. The van der Waals surface area contributed by atoms with Crippen molar-refractivity contribution in [1.82, 2.24) is 0 Å². The van der Waals surface area contributed by atoms with Crippen molar-refractivity contribution in [3.05, 3.63) is 0 Å². The summed E-state index contributed by atoms with van der Waals surface area (Å²) in [5.41, 5.74) is 5.42. The molecule has 4 bridgehead atoms. The zero-order valence-corrected chi connectivity index (χ0v) is 9.98. The van der Waals surface area contributed by atoms with Crippen LogP contribution in [0.3, 0.4) is 0 Å². The molecule has 1 heterocycles. The highest BCUT2D eigenvalue weighted by molar-refractivity contribution is 5.81. The van der Waals surface area contributed by atoms with E-state index in [1.54, 1.807) is 0 Å². The maximum absolute atomic E-state index is 11.8. The van der Waals surface area contributed by atoms with Crippen LogP contribution in [-0.2, 0) is 14.3 Å². The van der Waals surface area contributed by atoms with Crippen molar-refractivity contribution in [2.24, 2.45) is 28.9 Å². The molecule has 0 aromatic rings. The molecule has 1 amide bonds. The summed E-state index contributed by atoms with van der Waals surface area (Å²) in [6.45, 7) is 1.42. The van der Waals surface area contributed by atoms with Crippen molar-refractivity contribution in [3.63, 3.8) is 0 Å². The highest BCUT2D eigenvalue weighted by atomic mass is 16.7. The average Bonchev–Trinajstić information content (AvgIpc) is 2.75. The van der Waals surface area contributed by atoms with Gasteiger partial charge in [0.25, 0.3) is 0 Å². The minimum Gasteiger partial charge on any atom is -0.369 e.